The minimum absolute atomic E-state index is 0.473. The van der Waals surface area contributed by atoms with Gasteiger partial charge in [0.2, 0.25) is 11.2 Å². The normalized spacial score (nSPS) is 18.5. The summed E-state index contributed by atoms with van der Waals surface area (Å²) in [6.07, 6.45) is -3.45. The zero-order chi connectivity index (χ0) is 30.6. The Kier molecular flexibility index (Phi) is 8.03. The number of thioether (sulfide) groups is 1. The highest BCUT2D eigenvalue weighted by Crippen LogP contribution is 2.45. The molecule has 42 heavy (non-hydrogen) atoms. The maximum Gasteiger partial charge on any atom is 0.408 e. The fourth-order valence-corrected chi connectivity index (χ4v) is 6.50. The van der Waals surface area contributed by atoms with Gasteiger partial charge in [-0.15, -0.1) is 11.8 Å². The van der Waals surface area contributed by atoms with E-state index in [-0.39, 0.29) is 0 Å². The second-order valence-corrected chi connectivity index (χ2v) is 12.4. The Balaban J connectivity index is 1.76. The molecule has 8 nitrogen and oxygen atoms in total. The number of nitrogens with zero attached hydrogens (tertiary/aromatic N) is 3. The number of hydrogen-bond donors (Lipinski definition) is 1. The molecule has 1 amide bonds. The highest BCUT2D eigenvalue weighted by Gasteiger charge is 2.48. The minimum Gasteiger partial charge on any atom is -0.435 e. The van der Waals surface area contributed by atoms with Gasteiger partial charge in [0.25, 0.3) is 5.91 Å². The third-order valence-corrected chi connectivity index (χ3v) is 8.49. The van der Waals surface area contributed by atoms with Gasteiger partial charge in [-0.3, -0.25) is 19.3 Å². The first-order valence-electron chi connectivity index (χ1n) is 13.1. The number of aromatic nitrogens is 1. The number of benzene rings is 2. The Morgan fingerprint density at radius 2 is 1.74 bits per heavy atom. The van der Waals surface area contributed by atoms with Crippen LogP contribution in [0.5, 0.6) is 5.75 Å². The molecule has 0 bridgehead atoms. The first kappa shape index (κ1) is 30.3. The number of aliphatic hydroxyl groups excluding tert-OH is 1. The molecule has 0 saturated heterocycles. The van der Waals surface area contributed by atoms with Gasteiger partial charge in [0.15, 0.2) is 5.69 Å². The van der Waals surface area contributed by atoms with Crippen LogP contribution in [0.25, 0.3) is 0 Å². The number of carbonyl (C=O) groups is 1. The fourth-order valence-electron chi connectivity index (χ4n) is 5.03. The Morgan fingerprint density at radius 3 is 2.43 bits per heavy atom. The van der Waals surface area contributed by atoms with Gasteiger partial charge < -0.3 is 19.5 Å². The van der Waals surface area contributed by atoms with Crippen molar-refractivity contribution in [3.05, 3.63) is 92.4 Å². The van der Waals surface area contributed by atoms with E-state index in [1.54, 1.807) is 49.7 Å². The monoisotopic (exact) mass is 623 g/mol. The molecule has 0 fully saturated rings. The number of ether oxygens (including phenoxy) is 2. The van der Waals surface area contributed by atoms with Gasteiger partial charge in [-0.05, 0) is 56.5 Å². The maximum atomic E-state index is 14.1. The molecule has 5 rings (SSSR count). The highest BCUT2D eigenvalue weighted by atomic mass is 35.5. The number of hydrogen-bond acceptors (Lipinski definition) is 7. The van der Waals surface area contributed by atoms with Crippen LogP contribution >= 0.6 is 23.4 Å². The van der Waals surface area contributed by atoms with E-state index >= 15 is 0 Å². The number of fused-ring (bicyclic) bond motifs is 3. The summed E-state index contributed by atoms with van der Waals surface area (Å²) >= 11 is 8.17. The first-order chi connectivity index (χ1) is 19.7. The van der Waals surface area contributed by atoms with Crippen LogP contribution in [0, 0.1) is 0 Å². The van der Waals surface area contributed by atoms with Gasteiger partial charge in [-0.2, -0.15) is 13.2 Å². The molecule has 1 N–H and O–H groups in total. The van der Waals surface area contributed by atoms with Crippen LogP contribution in [-0.4, -0.2) is 51.6 Å². The highest BCUT2D eigenvalue weighted by molar-refractivity contribution is 7.98. The van der Waals surface area contributed by atoms with Crippen LogP contribution in [0.2, 0.25) is 5.02 Å². The van der Waals surface area contributed by atoms with Crippen molar-refractivity contribution in [1.82, 2.24) is 9.58 Å². The fraction of sp³-hybridized carbons (Fsp3) is 0.379. The van der Waals surface area contributed by atoms with Crippen LogP contribution in [0.15, 0.2) is 64.4 Å². The molecule has 224 valence electrons. The molecule has 2 aliphatic rings. The topological polar surface area (TPSA) is 84.2 Å². The molecule has 13 heteroatoms. The Hall–Kier alpha value is -3.19. The summed E-state index contributed by atoms with van der Waals surface area (Å²) in [5.41, 5.74) is 0.123. The third-order valence-electron chi connectivity index (χ3n) is 7.02. The smallest absolute Gasteiger partial charge is 0.408 e. The molecule has 0 radical (unpaired) electrons. The van der Waals surface area contributed by atoms with Crippen molar-refractivity contribution in [2.24, 2.45) is 0 Å². The van der Waals surface area contributed by atoms with E-state index in [2.05, 4.69) is 0 Å². The molecule has 0 saturated carbocycles. The second kappa shape index (κ2) is 11.1. The van der Waals surface area contributed by atoms with Crippen molar-refractivity contribution in [2.75, 3.05) is 11.7 Å². The molecular weight excluding hydrogens is 595 g/mol. The average molecular weight is 624 g/mol. The zero-order valence-corrected chi connectivity index (χ0v) is 24.8. The Morgan fingerprint density at radius 1 is 1.05 bits per heavy atom. The molecule has 3 aromatic rings. The van der Waals surface area contributed by atoms with E-state index in [1.807, 2.05) is 30.3 Å². The zero-order valence-electron chi connectivity index (χ0n) is 23.2. The number of alkyl halides is 3. The van der Waals surface area contributed by atoms with E-state index in [0.29, 0.717) is 15.7 Å². The number of pyridine rings is 1. The third kappa shape index (κ3) is 5.72. The lowest BCUT2D eigenvalue weighted by Gasteiger charge is -2.46. The molecule has 1 aromatic heterocycles. The van der Waals surface area contributed by atoms with Crippen molar-refractivity contribution >= 4 is 29.3 Å². The molecule has 2 aromatic carbocycles. The summed E-state index contributed by atoms with van der Waals surface area (Å²) in [5.74, 6) is -1.21. The molecule has 3 heterocycles. The second-order valence-electron chi connectivity index (χ2n) is 11.0. The number of amides is 1. The van der Waals surface area contributed by atoms with Crippen LogP contribution in [-0.2, 0) is 10.5 Å². The van der Waals surface area contributed by atoms with Gasteiger partial charge in [0.1, 0.15) is 12.7 Å². The number of carbonyl (C=O) groups excluding carboxylic acids is 1. The Labute approximate surface area is 249 Å². The van der Waals surface area contributed by atoms with Crippen molar-refractivity contribution in [2.45, 2.75) is 68.7 Å². The maximum absolute atomic E-state index is 14.1. The van der Waals surface area contributed by atoms with E-state index in [1.165, 1.54) is 10.9 Å². The van der Waals surface area contributed by atoms with Crippen molar-refractivity contribution in [1.29, 1.82) is 0 Å². The molecule has 2 aliphatic heterocycles. The molecule has 0 aliphatic carbocycles. The van der Waals surface area contributed by atoms with E-state index in [4.69, 9.17) is 21.1 Å². The van der Waals surface area contributed by atoms with E-state index in [9.17, 15) is 27.9 Å². The number of rotatable bonds is 5. The molecule has 3 atom stereocenters. The average Bonchev–Trinajstić information content (AvgIpc) is 3.06. The van der Waals surface area contributed by atoms with Crippen LogP contribution in [0.3, 0.4) is 0 Å². The van der Waals surface area contributed by atoms with Crippen molar-refractivity contribution < 1.29 is 32.5 Å². The van der Waals surface area contributed by atoms with Crippen molar-refractivity contribution in [3.8, 4) is 5.75 Å². The van der Waals surface area contributed by atoms with Gasteiger partial charge in [-0.1, -0.05) is 41.9 Å². The lowest BCUT2D eigenvalue weighted by atomic mass is 9.94. The first-order valence-corrected chi connectivity index (χ1v) is 14.5. The Bertz CT molecular complexity index is 1580. The summed E-state index contributed by atoms with van der Waals surface area (Å²) in [4.78, 5) is 28.4. The van der Waals surface area contributed by atoms with Gasteiger partial charge in [-0.25, -0.2) is 0 Å². The van der Waals surface area contributed by atoms with Crippen LogP contribution in [0.1, 0.15) is 60.9 Å². The molecule has 1 unspecified atom stereocenters. The lowest BCUT2D eigenvalue weighted by molar-refractivity contribution is -0.260. The van der Waals surface area contributed by atoms with E-state index in [0.717, 1.165) is 34.6 Å². The summed E-state index contributed by atoms with van der Waals surface area (Å²) in [5, 5.41) is 12.5. The summed E-state index contributed by atoms with van der Waals surface area (Å²) in [6.45, 7) is 3.33. The summed E-state index contributed by atoms with van der Waals surface area (Å²) in [6, 6.07) is 11.0. The lowest BCUT2D eigenvalue weighted by Crippen LogP contribution is -2.60. The summed E-state index contributed by atoms with van der Waals surface area (Å²) in [7, 11) is 0. The largest absolute Gasteiger partial charge is 0.435 e. The standard InChI is InChI=1S/C29H29ClF3N3O5S/c1-16(29(31,32)33)34-15-36(23-17-9-7-10-20(30)19(17)14-42-22-11-6-5-8-18(22)23)35-13-12-21(37)25(24(35)26(34)38)40-27(39)41-28(2,3)4/h5-13,16,23,27,39H,14-15H2,1-4H3/t16-,23+,27?/m1/s1. The van der Waals surface area contributed by atoms with E-state index < -0.39 is 59.8 Å². The summed E-state index contributed by atoms with van der Waals surface area (Å²) < 4.78 is 54.5. The van der Waals surface area contributed by atoms with Gasteiger partial charge in [0.05, 0.1) is 11.6 Å². The number of aliphatic hydroxyl groups is 1. The molecular formula is C29H29ClF3N3O5S. The number of halogens is 4. The predicted molar refractivity (Wildman–Crippen MR) is 152 cm³/mol. The molecule has 0 spiro atoms. The van der Waals surface area contributed by atoms with Crippen LogP contribution in [0.4, 0.5) is 13.2 Å². The quantitative estimate of drug-likeness (QED) is 0.367. The SMILES string of the molecule is C[C@@H](N1CN([C@@H]2c3ccccc3SCc3c(Cl)cccc32)n2ccc(=O)c(OC(O)OC(C)(C)C)c2C1=O)C(F)(F)F. The van der Waals surface area contributed by atoms with Crippen LogP contribution < -0.4 is 15.2 Å². The van der Waals surface area contributed by atoms with Gasteiger partial charge >= 0.3 is 12.7 Å². The van der Waals surface area contributed by atoms with Gasteiger partial charge in [0, 0.05) is 27.9 Å². The predicted octanol–water partition coefficient (Wildman–Crippen LogP) is 5.67. The van der Waals surface area contributed by atoms with Crippen molar-refractivity contribution in [3.63, 3.8) is 0 Å². The minimum atomic E-state index is -4.77.